The molecule has 3 aromatic rings. The molecule has 0 aliphatic heterocycles. The highest BCUT2D eigenvalue weighted by molar-refractivity contribution is 5.92. The highest BCUT2D eigenvalue weighted by atomic mass is 16.5. The molecule has 7 nitrogen and oxygen atoms in total. The van der Waals surface area contributed by atoms with E-state index in [1.54, 1.807) is 7.11 Å². The number of nitrogens with one attached hydrogen (secondary N) is 3. The molecule has 26 heavy (non-hydrogen) atoms. The van der Waals surface area contributed by atoms with Crippen molar-refractivity contribution in [3.05, 3.63) is 41.6 Å². The lowest BCUT2D eigenvalue weighted by Crippen LogP contribution is -2.24. The monoisotopic (exact) mass is 353 g/mol. The second-order valence-corrected chi connectivity index (χ2v) is 6.40. The van der Waals surface area contributed by atoms with Crippen LogP contribution < -0.4 is 15.4 Å². The van der Waals surface area contributed by atoms with Crippen LogP contribution in [0.25, 0.3) is 11.0 Å². The Bertz CT molecular complexity index is 918. The number of amides is 1. The maximum atomic E-state index is 12.3. The molecule has 136 valence electrons. The molecule has 1 amide bonds. The van der Waals surface area contributed by atoms with Crippen molar-refractivity contribution < 1.29 is 9.53 Å². The van der Waals surface area contributed by atoms with Gasteiger partial charge in [-0.2, -0.15) is 5.10 Å². The lowest BCUT2D eigenvalue weighted by atomic mass is 10.1. The van der Waals surface area contributed by atoms with Gasteiger partial charge in [0.2, 0.25) is 5.91 Å². The standard InChI is InChI=1S/C19H23N5O2/c1-11-9-12(2)20-18-17(11)19(24-23-18)21-13(3)10-16(25)22-14-5-7-15(26-4)8-6-14/h5-9,13H,10H2,1-4H3,(H,22,25)(H2,20,21,23,24)/t13-/m1/s1. The van der Waals surface area contributed by atoms with Crippen molar-refractivity contribution >= 4 is 28.4 Å². The number of H-pyrrole nitrogens is 1. The van der Waals surface area contributed by atoms with Gasteiger partial charge in [0, 0.05) is 23.8 Å². The lowest BCUT2D eigenvalue weighted by molar-refractivity contribution is -0.116. The molecule has 2 aromatic heterocycles. The quantitative estimate of drug-likeness (QED) is 0.631. The zero-order valence-electron chi connectivity index (χ0n) is 15.4. The number of nitrogens with zero attached hydrogens (tertiary/aromatic N) is 2. The van der Waals surface area contributed by atoms with E-state index in [1.165, 1.54) is 0 Å². The molecule has 1 aromatic carbocycles. The number of anilines is 2. The van der Waals surface area contributed by atoms with Gasteiger partial charge in [-0.05, 0) is 56.7 Å². The normalized spacial score (nSPS) is 12.0. The van der Waals surface area contributed by atoms with Crippen LogP contribution in [-0.2, 0) is 4.79 Å². The first kappa shape index (κ1) is 17.7. The molecule has 0 fully saturated rings. The fourth-order valence-corrected chi connectivity index (χ4v) is 2.93. The fourth-order valence-electron chi connectivity index (χ4n) is 2.93. The second-order valence-electron chi connectivity index (χ2n) is 6.40. The number of benzene rings is 1. The molecular weight excluding hydrogens is 330 g/mol. The number of rotatable bonds is 6. The minimum Gasteiger partial charge on any atom is -0.497 e. The van der Waals surface area contributed by atoms with Crippen LogP contribution in [0.5, 0.6) is 5.75 Å². The Morgan fingerprint density at radius 1 is 1.27 bits per heavy atom. The van der Waals surface area contributed by atoms with Crippen molar-refractivity contribution in [2.75, 3.05) is 17.7 Å². The molecule has 1 atom stereocenters. The Balaban J connectivity index is 1.63. The Hall–Kier alpha value is -3.09. The summed E-state index contributed by atoms with van der Waals surface area (Å²) < 4.78 is 5.11. The summed E-state index contributed by atoms with van der Waals surface area (Å²) in [6.45, 7) is 5.93. The topological polar surface area (TPSA) is 91.9 Å². The Labute approximate surface area is 152 Å². The molecule has 3 rings (SSSR count). The maximum absolute atomic E-state index is 12.3. The average molecular weight is 353 g/mol. The number of fused-ring (bicyclic) bond motifs is 1. The highest BCUT2D eigenvalue weighted by Gasteiger charge is 2.15. The number of carbonyl (C=O) groups is 1. The van der Waals surface area contributed by atoms with Crippen molar-refractivity contribution in [1.82, 2.24) is 15.2 Å². The molecule has 0 spiro atoms. The largest absolute Gasteiger partial charge is 0.497 e. The summed E-state index contributed by atoms with van der Waals surface area (Å²) in [5.74, 6) is 1.40. The molecule has 2 heterocycles. The molecule has 0 bridgehead atoms. The Morgan fingerprint density at radius 3 is 2.69 bits per heavy atom. The Kier molecular flexibility index (Phi) is 5.06. The molecule has 0 saturated carbocycles. The first-order valence-corrected chi connectivity index (χ1v) is 8.49. The van der Waals surface area contributed by atoms with Crippen LogP contribution >= 0.6 is 0 Å². The third kappa shape index (κ3) is 3.93. The highest BCUT2D eigenvalue weighted by Crippen LogP contribution is 2.24. The van der Waals surface area contributed by atoms with Crippen LogP contribution in [0.2, 0.25) is 0 Å². The third-order valence-corrected chi connectivity index (χ3v) is 4.10. The number of hydrogen-bond donors (Lipinski definition) is 3. The Morgan fingerprint density at radius 2 is 2.00 bits per heavy atom. The minimum atomic E-state index is -0.0829. The van der Waals surface area contributed by atoms with E-state index in [1.807, 2.05) is 51.1 Å². The smallest absolute Gasteiger partial charge is 0.226 e. The predicted molar refractivity (Wildman–Crippen MR) is 103 cm³/mol. The zero-order chi connectivity index (χ0) is 18.7. The van der Waals surface area contributed by atoms with Crippen molar-refractivity contribution in [3.8, 4) is 5.75 Å². The van der Waals surface area contributed by atoms with Crippen LogP contribution in [0.1, 0.15) is 24.6 Å². The summed E-state index contributed by atoms with van der Waals surface area (Å²) in [4.78, 5) is 16.7. The van der Waals surface area contributed by atoms with Crippen LogP contribution in [0.3, 0.4) is 0 Å². The molecule has 7 heteroatoms. The third-order valence-electron chi connectivity index (χ3n) is 4.10. The number of ether oxygens (including phenoxy) is 1. The van der Waals surface area contributed by atoms with Crippen molar-refractivity contribution in [2.24, 2.45) is 0 Å². The van der Waals surface area contributed by atoms with Gasteiger partial charge in [0.1, 0.15) is 5.75 Å². The van der Waals surface area contributed by atoms with Gasteiger partial charge in [0.05, 0.1) is 12.5 Å². The molecule has 0 aliphatic rings. The molecular formula is C19H23N5O2. The van der Waals surface area contributed by atoms with E-state index in [2.05, 4.69) is 25.8 Å². The van der Waals surface area contributed by atoms with Crippen molar-refractivity contribution in [2.45, 2.75) is 33.2 Å². The summed E-state index contributed by atoms with van der Waals surface area (Å²) in [6, 6.07) is 9.18. The number of methoxy groups -OCH3 is 1. The van der Waals surface area contributed by atoms with Crippen LogP contribution in [0, 0.1) is 13.8 Å². The van der Waals surface area contributed by atoms with Gasteiger partial charge in [0.15, 0.2) is 11.5 Å². The number of aryl methyl sites for hydroxylation is 2. The fraction of sp³-hybridized carbons (Fsp3) is 0.316. The summed E-state index contributed by atoms with van der Waals surface area (Å²) in [7, 11) is 1.61. The zero-order valence-corrected chi connectivity index (χ0v) is 15.4. The van der Waals surface area contributed by atoms with Crippen molar-refractivity contribution in [1.29, 1.82) is 0 Å². The van der Waals surface area contributed by atoms with E-state index in [0.29, 0.717) is 6.42 Å². The number of aromatic nitrogens is 3. The summed E-state index contributed by atoms with van der Waals surface area (Å²) in [6.07, 6.45) is 0.318. The number of aromatic amines is 1. The van der Waals surface area contributed by atoms with Gasteiger partial charge in [-0.1, -0.05) is 0 Å². The molecule has 0 unspecified atom stereocenters. The molecule has 0 saturated heterocycles. The molecule has 0 radical (unpaired) electrons. The van der Waals surface area contributed by atoms with Gasteiger partial charge in [0.25, 0.3) is 0 Å². The average Bonchev–Trinajstić information content (AvgIpc) is 2.98. The summed E-state index contributed by atoms with van der Waals surface area (Å²) in [5.41, 5.74) is 3.53. The van der Waals surface area contributed by atoms with E-state index >= 15 is 0 Å². The first-order valence-electron chi connectivity index (χ1n) is 8.49. The van der Waals surface area contributed by atoms with Gasteiger partial charge >= 0.3 is 0 Å². The lowest BCUT2D eigenvalue weighted by Gasteiger charge is -2.14. The summed E-state index contributed by atoms with van der Waals surface area (Å²) >= 11 is 0. The SMILES string of the molecule is COc1ccc(NC(=O)C[C@@H](C)Nc2n[nH]c3nc(C)cc(C)c23)cc1. The maximum Gasteiger partial charge on any atom is 0.226 e. The van der Waals surface area contributed by atoms with Crippen molar-refractivity contribution in [3.63, 3.8) is 0 Å². The van der Waals surface area contributed by atoms with Crippen LogP contribution in [-0.4, -0.2) is 34.2 Å². The molecule has 0 aliphatic carbocycles. The summed E-state index contributed by atoms with van der Waals surface area (Å²) in [5, 5.41) is 14.4. The van der Waals surface area contributed by atoms with Gasteiger partial charge in [-0.15, -0.1) is 0 Å². The molecule has 3 N–H and O–H groups in total. The minimum absolute atomic E-state index is 0.0688. The van der Waals surface area contributed by atoms with Gasteiger partial charge < -0.3 is 15.4 Å². The predicted octanol–water partition coefficient (Wildman–Crippen LogP) is 3.41. The van der Waals surface area contributed by atoms with E-state index in [9.17, 15) is 4.79 Å². The van der Waals surface area contributed by atoms with E-state index < -0.39 is 0 Å². The number of pyridine rings is 1. The van der Waals surface area contributed by atoms with Gasteiger partial charge in [-0.3, -0.25) is 9.89 Å². The second kappa shape index (κ2) is 7.43. The van der Waals surface area contributed by atoms with E-state index in [0.717, 1.165) is 39.5 Å². The van der Waals surface area contributed by atoms with E-state index in [-0.39, 0.29) is 11.9 Å². The number of carbonyl (C=O) groups excluding carboxylic acids is 1. The first-order chi connectivity index (χ1) is 12.5. The van der Waals surface area contributed by atoms with Crippen LogP contribution in [0.4, 0.5) is 11.5 Å². The van der Waals surface area contributed by atoms with Crippen LogP contribution in [0.15, 0.2) is 30.3 Å². The number of hydrogen-bond acceptors (Lipinski definition) is 5. The van der Waals surface area contributed by atoms with E-state index in [4.69, 9.17) is 4.74 Å². The van der Waals surface area contributed by atoms with Gasteiger partial charge in [-0.25, -0.2) is 4.98 Å².